The number of methoxy groups -OCH3 is 1. The van der Waals surface area contributed by atoms with Crippen molar-refractivity contribution in [3.63, 3.8) is 0 Å². The molecule has 0 atom stereocenters. The monoisotopic (exact) mass is 372 g/mol. The third-order valence-corrected chi connectivity index (χ3v) is 5.37. The van der Waals surface area contributed by atoms with Crippen LogP contribution in [0.2, 0.25) is 0 Å². The average Bonchev–Trinajstić information content (AvgIpc) is 2.56. The lowest BCUT2D eigenvalue weighted by Gasteiger charge is -2.15. The molecule has 0 aliphatic rings. The van der Waals surface area contributed by atoms with Gasteiger partial charge in [0.15, 0.2) is 0 Å². The van der Waals surface area contributed by atoms with Gasteiger partial charge in [-0.1, -0.05) is 6.42 Å². The van der Waals surface area contributed by atoms with E-state index in [4.69, 9.17) is 9.84 Å². The van der Waals surface area contributed by atoms with Gasteiger partial charge in [-0.15, -0.1) is 0 Å². The summed E-state index contributed by atoms with van der Waals surface area (Å²) in [6, 6.07) is 4.22. The first-order valence-electron chi connectivity index (χ1n) is 7.80. The van der Waals surface area contributed by atoms with Crippen LogP contribution in [0.1, 0.15) is 36.0 Å². The molecule has 1 aromatic carbocycles. The zero-order chi connectivity index (χ0) is 19.0. The smallest absolute Gasteiger partial charge is 0.303 e. The van der Waals surface area contributed by atoms with Gasteiger partial charge in [-0.25, -0.2) is 12.7 Å². The summed E-state index contributed by atoms with van der Waals surface area (Å²) in [7, 11) is 0.421. The standard InChI is InChI=1S/C16H24N2O6S/c1-18(2)25(22,23)14-11-12(8-9-13(14)24-3)16(21)17-10-6-4-5-7-15(19)20/h8-9,11H,4-7,10H2,1-3H3,(H,17,21)(H,19,20). The Bertz CT molecular complexity index is 715. The molecule has 0 unspecified atom stereocenters. The van der Waals surface area contributed by atoms with Gasteiger partial charge in [0.2, 0.25) is 10.0 Å². The minimum absolute atomic E-state index is 0.0749. The number of unbranched alkanes of at least 4 members (excludes halogenated alkanes) is 2. The van der Waals surface area contributed by atoms with Crippen molar-refractivity contribution in [3.05, 3.63) is 23.8 Å². The molecule has 2 N–H and O–H groups in total. The van der Waals surface area contributed by atoms with Gasteiger partial charge in [0.05, 0.1) is 7.11 Å². The molecule has 0 bridgehead atoms. The topological polar surface area (TPSA) is 113 Å². The summed E-state index contributed by atoms with van der Waals surface area (Å²) in [6.45, 7) is 0.389. The summed E-state index contributed by atoms with van der Waals surface area (Å²) in [6.07, 6.45) is 2.00. The van der Waals surface area contributed by atoms with E-state index < -0.39 is 21.9 Å². The van der Waals surface area contributed by atoms with E-state index in [1.54, 1.807) is 0 Å². The highest BCUT2D eigenvalue weighted by Gasteiger charge is 2.23. The minimum atomic E-state index is -3.74. The van der Waals surface area contributed by atoms with Gasteiger partial charge >= 0.3 is 5.97 Å². The number of ether oxygens (including phenoxy) is 1. The number of benzene rings is 1. The summed E-state index contributed by atoms with van der Waals surface area (Å²) in [4.78, 5) is 22.5. The fraction of sp³-hybridized carbons (Fsp3) is 0.500. The maximum atomic E-state index is 12.3. The molecule has 140 valence electrons. The second-order valence-electron chi connectivity index (χ2n) is 5.61. The van der Waals surface area contributed by atoms with Crippen molar-refractivity contribution in [3.8, 4) is 5.75 Å². The zero-order valence-corrected chi connectivity index (χ0v) is 15.4. The van der Waals surface area contributed by atoms with Crippen molar-refractivity contribution in [1.82, 2.24) is 9.62 Å². The Labute approximate surface area is 147 Å². The van der Waals surface area contributed by atoms with Crippen LogP contribution in [0.5, 0.6) is 5.75 Å². The molecule has 9 heteroatoms. The molecule has 0 aliphatic carbocycles. The van der Waals surface area contributed by atoms with Crippen LogP contribution in [0.25, 0.3) is 0 Å². The van der Waals surface area contributed by atoms with Crippen LogP contribution < -0.4 is 10.1 Å². The Kier molecular flexibility index (Phi) is 7.85. The first-order valence-corrected chi connectivity index (χ1v) is 9.24. The predicted molar refractivity (Wildman–Crippen MR) is 92.3 cm³/mol. The molecule has 0 aromatic heterocycles. The van der Waals surface area contributed by atoms with Gasteiger partial charge in [0.25, 0.3) is 5.91 Å². The summed E-state index contributed by atoms with van der Waals surface area (Å²) in [5.41, 5.74) is 0.215. The zero-order valence-electron chi connectivity index (χ0n) is 14.6. The Balaban J connectivity index is 2.75. The highest BCUT2D eigenvalue weighted by atomic mass is 32.2. The number of carbonyl (C=O) groups is 2. The molecule has 1 amide bonds. The number of sulfonamides is 1. The molecular weight excluding hydrogens is 348 g/mol. The van der Waals surface area contributed by atoms with Gasteiger partial charge in [-0.2, -0.15) is 0 Å². The van der Waals surface area contributed by atoms with Crippen LogP contribution in [-0.4, -0.2) is 57.5 Å². The third kappa shape index (κ3) is 6.02. The normalized spacial score (nSPS) is 11.4. The van der Waals surface area contributed by atoms with Crippen molar-refractivity contribution in [1.29, 1.82) is 0 Å². The second-order valence-corrected chi connectivity index (χ2v) is 7.73. The molecule has 25 heavy (non-hydrogen) atoms. The molecular formula is C16H24N2O6S. The van der Waals surface area contributed by atoms with E-state index in [0.717, 1.165) is 4.31 Å². The van der Waals surface area contributed by atoms with Crippen LogP contribution in [0, 0.1) is 0 Å². The Hall–Kier alpha value is -2.13. The van der Waals surface area contributed by atoms with Crippen LogP contribution in [-0.2, 0) is 14.8 Å². The maximum Gasteiger partial charge on any atom is 0.303 e. The van der Waals surface area contributed by atoms with Crippen molar-refractivity contribution in [2.45, 2.75) is 30.6 Å². The number of hydrogen-bond donors (Lipinski definition) is 2. The number of nitrogens with zero attached hydrogens (tertiary/aromatic N) is 1. The molecule has 0 radical (unpaired) electrons. The molecule has 1 aromatic rings. The van der Waals surface area contributed by atoms with Gasteiger partial charge in [0, 0.05) is 32.6 Å². The average molecular weight is 372 g/mol. The lowest BCUT2D eigenvalue weighted by Crippen LogP contribution is -2.26. The number of aliphatic carboxylic acids is 1. The van der Waals surface area contributed by atoms with Gasteiger partial charge < -0.3 is 15.2 Å². The van der Waals surface area contributed by atoms with Gasteiger partial charge in [-0.3, -0.25) is 9.59 Å². The fourth-order valence-electron chi connectivity index (χ4n) is 2.10. The lowest BCUT2D eigenvalue weighted by atomic mass is 10.1. The Morgan fingerprint density at radius 2 is 1.88 bits per heavy atom. The van der Waals surface area contributed by atoms with Crippen LogP contribution in [0.15, 0.2) is 23.1 Å². The summed E-state index contributed by atoms with van der Waals surface area (Å²) in [5.74, 6) is -1.06. The molecule has 0 fully saturated rings. The molecule has 0 saturated heterocycles. The van der Waals surface area contributed by atoms with Crippen molar-refractivity contribution in [2.75, 3.05) is 27.7 Å². The fourth-order valence-corrected chi connectivity index (χ4v) is 3.17. The van der Waals surface area contributed by atoms with Crippen molar-refractivity contribution in [2.24, 2.45) is 0 Å². The van der Waals surface area contributed by atoms with Crippen LogP contribution in [0.4, 0.5) is 0 Å². The first kappa shape index (κ1) is 20.9. The molecule has 0 aliphatic heterocycles. The number of hydrogen-bond acceptors (Lipinski definition) is 5. The van der Waals surface area contributed by atoms with E-state index in [1.807, 2.05) is 0 Å². The number of amides is 1. The summed E-state index contributed by atoms with van der Waals surface area (Å²) in [5, 5.41) is 11.2. The minimum Gasteiger partial charge on any atom is -0.495 e. The molecule has 0 heterocycles. The highest BCUT2D eigenvalue weighted by Crippen LogP contribution is 2.26. The number of carboxylic acid groups (broad SMARTS) is 1. The number of rotatable bonds is 10. The molecule has 0 spiro atoms. The summed E-state index contributed by atoms with van der Waals surface area (Å²) >= 11 is 0. The number of nitrogens with one attached hydrogen (secondary N) is 1. The van der Waals surface area contributed by atoms with E-state index >= 15 is 0 Å². The highest BCUT2D eigenvalue weighted by molar-refractivity contribution is 7.89. The quantitative estimate of drug-likeness (QED) is 0.599. The van der Waals surface area contributed by atoms with E-state index in [-0.39, 0.29) is 22.6 Å². The maximum absolute atomic E-state index is 12.3. The lowest BCUT2D eigenvalue weighted by molar-refractivity contribution is -0.137. The van der Waals surface area contributed by atoms with Crippen LogP contribution >= 0.6 is 0 Å². The second kappa shape index (κ2) is 9.38. The third-order valence-electron chi connectivity index (χ3n) is 3.54. The van der Waals surface area contributed by atoms with Crippen LogP contribution in [0.3, 0.4) is 0 Å². The SMILES string of the molecule is COc1ccc(C(=O)NCCCCCC(=O)O)cc1S(=O)(=O)N(C)C. The number of carbonyl (C=O) groups excluding carboxylic acids is 1. The number of carboxylic acids is 1. The van der Waals surface area contributed by atoms with E-state index in [2.05, 4.69) is 5.32 Å². The van der Waals surface area contributed by atoms with E-state index in [1.165, 1.54) is 39.4 Å². The largest absolute Gasteiger partial charge is 0.495 e. The van der Waals surface area contributed by atoms with Crippen molar-refractivity contribution >= 4 is 21.9 Å². The van der Waals surface area contributed by atoms with Gasteiger partial charge in [-0.05, 0) is 31.0 Å². The van der Waals surface area contributed by atoms with E-state index in [9.17, 15) is 18.0 Å². The Morgan fingerprint density at radius 3 is 2.44 bits per heavy atom. The Morgan fingerprint density at radius 1 is 1.20 bits per heavy atom. The van der Waals surface area contributed by atoms with Gasteiger partial charge in [0.1, 0.15) is 10.6 Å². The molecule has 0 saturated carbocycles. The van der Waals surface area contributed by atoms with Crippen molar-refractivity contribution < 1.29 is 27.9 Å². The first-order chi connectivity index (χ1) is 11.7. The predicted octanol–water partition coefficient (Wildman–Crippen LogP) is 1.32. The molecule has 1 rings (SSSR count). The molecule has 8 nitrogen and oxygen atoms in total. The summed E-state index contributed by atoms with van der Waals surface area (Å²) < 4.78 is 30.8. The van der Waals surface area contributed by atoms with E-state index in [0.29, 0.717) is 25.8 Å².